The van der Waals surface area contributed by atoms with Crippen LogP contribution in [0.25, 0.3) is 10.9 Å². The van der Waals surface area contributed by atoms with Crippen LogP contribution in [-0.2, 0) is 16.6 Å². The van der Waals surface area contributed by atoms with Gasteiger partial charge in [0, 0.05) is 36.9 Å². The lowest BCUT2D eigenvalue weighted by Crippen LogP contribution is -2.35. The summed E-state index contributed by atoms with van der Waals surface area (Å²) in [4.78, 5) is 15.8. The van der Waals surface area contributed by atoms with E-state index in [2.05, 4.69) is 10.3 Å². The Kier molecular flexibility index (Phi) is 5.19. The van der Waals surface area contributed by atoms with Crippen LogP contribution in [0.5, 0.6) is 0 Å². The fourth-order valence-corrected chi connectivity index (χ4v) is 5.02. The summed E-state index contributed by atoms with van der Waals surface area (Å²) in [6.07, 6.45) is 4.75. The van der Waals surface area contributed by atoms with Gasteiger partial charge in [-0.15, -0.1) is 0 Å². The van der Waals surface area contributed by atoms with Gasteiger partial charge >= 0.3 is 0 Å². The minimum absolute atomic E-state index is 0.165. The number of aromatic amines is 1. The Balaban J connectivity index is 1.40. The second-order valence-electron chi connectivity index (χ2n) is 7.07. The summed E-state index contributed by atoms with van der Waals surface area (Å²) in [5.74, 6) is -0.165. The van der Waals surface area contributed by atoms with Gasteiger partial charge in [-0.2, -0.15) is 4.31 Å². The normalized spacial score (nSPS) is 15.6. The molecule has 0 atom stereocenters. The van der Waals surface area contributed by atoms with Crippen LogP contribution in [0.3, 0.4) is 0 Å². The Labute approximate surface area is 164 Å². The molecule has 28 heavy (non-hydrogen) atoms. The number of benzene rings is 2. The lowest BCUT2D eigenvalue weighted by atomic mass is 10.1. The first kappa shape index (κ1) is 18.7. The number of carbonyl (C=O) groups is 1. The molecule has 146 valence electrons. The molecule has 4 rings (SSSR count). The summed E-state index contributed by atoms with van der Waals surface area (Å²) in [7, 11) is -3.43. The highest BCUT2D eigenvalue weighted by Crippen LogP contribution is 2.21. The molecule has 0 saturated carbocycles. The minimum Gasteiger partial charge on any atom is -0.361 e. The lowest BCUT2D eigenvalue weighted by Gasteiger charge is -2.25. The molecule has 6 nitrogen and oxygen atoms in total. The first-order chi connectivity index (χ1) is 13.5. The molecular formula is C21H23N3O3S. The monoisotopic (exact) mass is 397 g/mol. The Hall–Kier alpha value is -2.64. The molecule has 1 saturated heterocycles. The number of rotatable bonds is 5. The van der Waals surface area contributed by atoms with Gasteiger partial charge in [-0.25, -0.2) is 8.42 Å². The zero-order valence-electron chi connectivity index (χ0n) is 15.5. The SMILES string of the molecule is O=C(NCc1ccc(S(=O)(=O)N2CCCCC2)cc1)c1ccc2cc[nH]c2c1. The highest BCUT2D eigenvalue weighted by molar-refractivity contribution is 7.89. The van der Waals surface area contributed by atoms with E-state index in [0.29, 0.717) is 30.1 Å². The second kappa shape index (κ2) is 7.77. The number of amides is 1. The highest BCUT2D eigenvalue weighted by Gasteiger charge is 2.25. The van der Waals surface area contributed by atoms with Crippen molar-refractivity contribution < 1.29 is 13.2 Å². The molecule has 0 unspecified atom stereocenters. The molecule has 2 N–H and O–H groups in total. The number of piperidine rings is 1. The maximum Gasteiger partial charge on any atom is 0.251 e. The van der Waals surface area contributed by atoms with E-state index in [1.54, 1.807) is 34.6 Å². The van der Waals surface area contributed by atoms with Crippen molar-refractivity contribution in [2.75, 3.05) is 13.1 Å². The number of H-pyrrole nitrogens is 1. The molecular weight excluding hydrogens is 374 g/mol. The smallest absolute Gasteiger partial charge is 0.251 e. The molecule has 0 aliphatic carbocycles. The van der Waals surface area contributed by atoms with Crippen molar-refractivity contribution in [2.45, 2.75) is 30.7 Å². The number of carbonyl (C=O) groups excluding carboxylic acids is 1. The summed E-state index contributed by atoms with van der Waals surface area (Å²) in [5, 5.41) is 3.94. The Bertz CT molecular complexity index is 1080. The summed E-state index contributed by atoms with van der Waals surface area (Å²) in [5.41, 5.74) is 2.35. The lowest BCUT2D eigenvalue weighted by molar-refractivity contribution is 0.0951. The predicted molar refractivity (Wildman–Crippen MR) is 109 cm³/mol. The maximum absolute atomic E-state index is 12.7. The largest absolute Gasteiger partial charge is 0.361 e. The van der Waals surface area contributed by atoms with Crippen molar-refractivity contribution in [1.82, 2.24) is 14.6 Å². The first-order valence-electron chi connectivity index (χ1n) is 9.48. The number of aromatic nitrogens is 1. The average molecular weight is 398 g/mol. The topological polar surface area (TPSA) is 82.3 Å². The summed E-state index contributed by atoms with van der Waals surface area (Å²) in [6.45, 7) is 1.52. The van der Waals surface area contributed by atoms with Gasteiger partial charge < -0.3 is 10.3 Å². The van der Waals surface area contributed by atoms with Crippen LogP contribution >= 0.6 is 0 Å². The molecule has 1 amide bonds. The van der Waals surface area contributed by atoms with Crippen molar-refractivity contribution in [1.29, 1.82) is 0 Å². The van der Waals surface area contributed by atoms with E-state index in [0.717, 1.165) is 35.7 Å². The van der Waals surface area contributed by atoms with Crippen molar-refractivity contribution in [3.05, 3.63) is 65.9 Å². The van der Waals surface area contributed by atoms with Crippen molar-refractivity contribution in [3.8, 4) is 0 Å². The molecule has 2 aromatic carbocycles. The summed E-state index contributed by atoms with van der Waals surface area (Å²) in [6, 6.07) is 14.2. The molecule has 3 aromatic rings. The maximum atomic E-state index is 12.7. The van der Waals surface area contributed by atoms with Gasteiger partial charge in [0.25, 0.3) is 5.91 Å². The van der Waals surface area contributed by atoms with Crippen molar-refractivity contribution >= 4 is 26.8 Å². The third-order valence-electron chi connectivity index (χ3n) is 5.15. The zero-order chi connectivity index (χ0) is 19.6. The third kappa shape index (κ3) is 3.81. The molecule has 0 bridgehead atoms. The van der Waals surface area contributed by atoms with E-state index < -0.39 is 10.0 Å². The molecule has 7 heteroatoms. The fraction of sp³-hybridized carbons (Fsp3) is 0.286. The van der Waals surface area contributed by atoms with Crippen LogP contribution in [0, 0.1) is 0 Å². The van der Waals surface area contributed by atoms with Gasteiger partial charge in [-0.3, -0.25) is 4.79 Å². The molecule has 1 aliphatic rings. The number of sulfonamides is 1. The highest BCUT2D eigenvalue weighted by atomic mass is 32.2. The molecule has 1 aromatic heterocycles. The van der Waals surface area contributed by atoms with E-state index in [-0.39, 0.29) is 5.91 Å². The molecule has 1 fully saturated rings. The van der Waals surface area contributed by atoms with Crippen LogP contribution in [0.15, 0.2) is 59.6 Å². The number of nitrogens with zero attached hydrogens (tertiary/aromatic N) is 1. The Morgan fingerprint density at radius 2 is 1.75 bits per heavy atom. The van der Waals surface area contributed by atoms with Gasteiger partial charge in [0.2, 0.25) is 10.0 Å². The van der Waals surface area contributed by atoms with E-state index in [1.807, 2.05) is 24.4 Å². The third-order valence-corrected chi connectivity index (χ3v) is 7.06. The van der Waals surface area contributed by atoms with Gasteiger partial charge in [0.1, 0.15) is 0 Å². The van der Waals surface area contributed by atoms with E-state index in [4.69, 9.17) is 0 Å². The summed E-state index contributed by atoms with van der Waals surface area (Å²) >= 11 is 0. The van der Waals surface area contributed by atoms with E-state index in [9.17, 15) is 13.2 Å². The van der Waals surface area contributed by atoms with Crippen molar-refractivity contribution in [3.63, 3.8) is 0 Å². The zero-order valence-corrected chi connectivity index (χ0v) is 16.3. The quantitative estimate of drug-likeness (QED) is 0.693. The second-order valence-corrected chi connectivity index (χ2v) is 9.01. The fourth-order valence-electron chi connectivity index (χ4n) is 3.51. The van der Waals surface area contributed by atoms with E-state index >= 15 is 0 Å². The summed E-state index contributed by atoms with van der Waals surface area (Å²) < 4.78 is 26.9. The standard InChI is InChI=1S/C21H23N3O3S/c25-21(18-7-6-17-10-11-22-20(17)14-18)23-15-16-4-8-19(9-5-16)28(26,27)24-12-2-1-3-13-24/h4-11,14,22H,1-3,12-13,15H2,(H,23,25). The number of fused-ring (bicyclic) bond motifs is 1. The van der Waals surface area contributed by atoms with Crippen LogP contribution in [0.2, 0.25) is 0 Å². The number of nitrogens with one attached hydrogen (secondary N) is 2. The molecule has 2 heterocycles. The van der Waals surface area contributed by atoms with Gasteiger partial charge in [-0.1, -0.05) is 24.6 Å². The average Bonchev–Trinajstić information content (AvgIpc) is 3.21. The Morgan fingerprint density at radius 3 is 2.50 bits per heavy atom. The first-order valence-corrected chi connectivity index (χ1v) is 10.9. The van der Waals surface area contributed by atoms with Crippen LogP contribution in [0.1, 0.15) is 35.2 Å². The molecule has 0 radical (unpaired) electrons. The molecule has 1 aliphatic heterocycles. The van der Waals surface area contributed by atoms with Gasteiger partial charge in [0.05, 0.1) is 4.90 Å². The van der Waals surface area contributed by atoms with Gasteiger partial charge in [0.15, 0.2) is 0 Å². The van der Waals surface area contributed by atoms with Crippen LogP contribution in [-0.4, -0.2) is 36.7 Å². The van der Waals surface area contributed by atoms with Crippen molar-refractivity contribution in [2.24, 2.45) is 0 Å². The Morgan fingerprint density at radius 1 is 1.00 bits per heavy atom. The van der Waals surface area contributed by atoms with Gasteiger partial charge in [-0.05, 0) is 54.1 Å². The molecule has 0 spiro atoms. The minimum atomic E-state index is -3.43. The number of hydrogen-bond donors (Lipinski definition) is 2. The van der Waals surface area contributed by atoms with E-state index in [1.165, 1.54) is 0 Å². The van der Waals surface area contributed by atoms with Crippen LogP contribution < -0.4 is 5.32 Å². The predicted octanol–water partition coefficient (Wildman–Crippen LogP) is 3.27. The van der Waals surface area contributed by atoms with Crippen LogP contribution in [0.4, 0.5) is 0 Å². The number of hydrogen-bond acceptors (Lipinski definition) is 3.